The van der Waals surface area contributed by atoms with E-state index < -0.39 is 17.7 Å². The van der Waals surface area contributed by atoms with E-state index in [0.717, 1.165) is 44.4 Å². The highest BCUT2D eigenvalue weighted by atomic mass is 19.2. The van der Waals surface area contributed by atoms with E-state index in [9.17, 15) is 13.9 Å². The molecule has 1 heterocycles. The van der Waals surface area contributed by atoms with Gasteiger partial charge in [0.25, 0.3) is 0 Å². The van der Waals surface area contributed by atoms with Crippen LogP contribution in [-0.2, 0) is 13.1 Å². The molecular formula is C24H33F2N3O3. The second-order valence-corrected chi connectivity index (χ2v) is 8.00. The number of likely N-dealkylation sites (N-methyl/N-ethyl adjacent to an activating group) is 1. The van der Waals surface area contributed by atoms with E-state index in [2.05, 4.69) is 22.0 Å². The van der Waals surface area contributed by atoms with Gasteiger partial charge in [-0.1, -0.05) is 25.1 Å². The quantitative estimate of drug-likeness (QED) is 0.550. The van der Waals surface area contributed by atoms with Crippen LogP contribution in [0.1, 0.15) is 18.1 Å². The molecule has 1 atom stereocenters. The molecule has 0 bridgehead atoms. The minimum atomic E-state index is -0.849. The number of methoxy groups -OCH3 is 1. The first-order chi connectivity index (χ1) is 15.5. The lowest BCUT2D eigenvalue weighted by molar-refractivity contribution is 0.0464. The summed E-state index contributed by atoms with van der Waals surface area (Å²) in [5, 5.41) is 13.5. The van der Waals surface area contributed by atoms with Crippen molar-refractivity contribution in [3.8, 4) is 11.5 Å². The van der Waals surface area contributed by atoms with Crippen LogP contribution in [0.5, 0.6) is 11.5 Å². The lowest BCUT2D eigenvalue weighted by Gasteiger charge is -2.34. The van der Waals surface area contributed by atoms with E-state index in [-0.39, 0.29) is 18.7 Å². The zero-order chi connectivity index (χ0) is 22.9. The summed E-state index contributed by atoms with van der Waals surface area (Å²) in [6.45, 7) is 8.62. The Kier molecular flexibility index (Phi) is 9.23. The average Bonchev–Trinajstić information content (AvgIpc) is 2.81. The Morgan fingerprint density at radius 2 is 1.78 bits per heavy atom. The zero-order valence-electron chi connectivity index (χ0n) is 18.8. The number of aliphatic hydroxyl groups is 1. The highest BCUT2D eigenvalue weighted by Gasteiger charge is 2.19. The van der Waals surface area contributed by atoms with Gasteiger partial charge < -0.3 is 24.8 Å². The van der Waals surface area contributed by atoms with Crippen molar-refractivity contribution in [3.05, 3.63) is 59.2 Å². The molecule has 176 valence electrons. The Hall–Kier alpha value is -2.26. The maximum Gasteiger partial charge on any atom is 0.163 e. The first-order valence-corrected chi connectivity index (χ1v) is 11.1. The number of aliphatic hydroxyl groups excluding tert-OH is 1. The van der Waals surface area contributed by atoms with Crippen LogP contribution in [0.15, 0.2) is 36.4 Å². The number of hydrogen-bond acceptors (Lipinski definition) is 6. The Balaban J connectivity index is 1.46. The van der Waals surface area contributed by atoms with Gasteiger partial charge in [-0.3, -0.25) is 4.90 Å². The van der Waals surface area contributed by atoms with Crippen molar-refractivity contribution in [2.24, 2.45) is 0 Å². The van der Waals surface area contributed by atoms with Gasteiger partial charge in [0.05, 0.1) is 7.11 Å². The van der Waals surface area contributed by atoms with Crippen molar-refractivity contribution in [1.29, 1.82) is 0 Å². The summed E-state index contributed by atoms with van der Waals surface area (Å²) in [5.74, 6) is -0.558. The fourth-order valence-electron chi connectivity index (χ4n) is 3.79. The number of nitrogens with one attached hydrogen (secondary N) is 1. The molecule has 1 aliphatic heterocycles. The second-order valence-electron chi connectivity index (χ2n) is 8.00. The molecule has 2 aromatic rings. The topological polar surface area (TPSA) is 57.2 Å². The smallest absolute Gasteiger partial charge is 0.163 e. The van der Waals surface area contributed by atoms with Crippen LogP contribution < -0.4 is 14.8 Å². The molecule has 0 radical (unpaired) electrons. The summed E-state index contributed by atoms with van der Waals surface area (Å²) >= 11 is 0. The third-order valence-corrected chi connectivity index (χ3v) is 5.72. The van der Waals surface area contributed by atoms with Crippen LogP contribution in [0.2, 0.25) is 0 Å². The number of nitrogens with zero attached hydrogens (tertiary/aromatic N) is 2. The normalized spacial score (nSPS) is 16.2. The van der Waals surface area contributed by atoms with Crippen LogP contribution >= 0.6 is 0 Å². The summed E-state index contributed by atoms with van der Waals surface area (Å²) in [7, 11) is 1.56. The number of piperazine rings is 1. The Labute approximate surface area is 188 Å². The van der Waals surface area contributed by atoms with E-state index in [1.165, 1.54) is 6.07 Å². The highest BCUT2D eigenvalue weighted by Crippen LogP contribution is 2.28. The third-order valence-electron chi connectivity index (χ3n) is 5.72. The maximum atomic E-state index is 13.8. The number of hydrogen-bond donors (Lipinski definition) is 2. The molecule has 0 saturated carbocycles. The fourth-order valence-corrected chi connectivity index (χ4v) is 3.79. The van der Waals surface area contributed by atoms with Gasteiger partial charge in [0.2, 0.25) is 0 Å². The van der Waals surface area contributed by atoms with Crippen molar-refractivity contribution in [1.82, 2.24) is 15.1 Å². The molecule has 0 aromatic heterocycles. The number of halogens is 2. The molecule has 32 heavy (non-hydrogen) atoms. The number of benzene rings is 2. The Morgan fingerprint density at radius 3 is 2.50 bits per heavy atom. The molecule has 1 unspecified atom stereocenters. The largest absolute Gasteiger partial charge is 0.493 e. The molecule has 1 fully saturated rings. The van der Waals surface area contributed by atoms with Gasteiger partial charge in [0.1, 0.15) is 12.7 Å². The predicted molar refractivity (Wildman–Crippen MR) is 120 cm³/mol. The molecule has 0 spiro atoms. The van der Waals surface area contributed by atoms with Crippen LogP contribution in [0.3, 0.4) is 0 Å². The summed E-state index contributed by atoms with van der Waals surface area (Å²) in [5.41, 5.74) is 1.20. The van der Waals surface area contributed by atoms with Crippen LogP contribution in [-0.4, -0.2) is 74.0 Å². The Morgan fingerprint density at radius 1 is 1.03 bits per heavy atom. The number of β-amino-alcohol motifs (C(OH)–C–C–N with tert-alkyl or cyclic N) is 1. The van der Waals surface area contributed by atoms with Crippen molar-refractivity contribution >= 4 is 0 Å². The van der Waals surface area contributed by atoms with Gasteiger partial charge in [-0.25, -0.2) is 8.78 Å². The number of ether oxygens (including phenoxy) is 2. The second kappa shape index (κ2) is 12.1. The maximum absolute atomic E-state index is 13.8. The minimum absolute atomic E-state index is 0.181. The van der Waals surface area contributed by atoms with Gasteiger partial charge in [-0.05, 0) is 30.3 Å². The first kappa shape index (κ1) is 24.4. The van der Waals surface area contributed by atoms with E-state index in [1.54, 1.807) is 19.2 Å². The minimum Gasteiger partial charge on any atom is -0.493 e. The molecule has 1 saturated heterocycles. The van der Waals surface area contributed by atoms with Crippen molar-refractivity contribution in [2.45, 2.75) is 26.1 Å². The first-order valence-electron chi connectivity index (χ1n) is 11.1. The van der Waals surface area contributed by atoms with Gasteiger partial charge >= 0.3 is 0 Å². The van der Waals surface area contributed by atoms with Crippen LogP contribution in [0.25, 0.3) is 0 Å². The van der Waals surface area contributed by atoms with Crippen molar-refractivity contribution in [2.75, 3.05) is 53.0 Å². The summed E-state index contributed by atoms with van der Waals surface area (Å²) in [6, 6.07) is 9.66. The van der Waals surface area contributed by atoms with Gasteiger partial charge in [0, 0.05) is 51.4 Å². The summed E-state index contributed by atoms with van der Waals surface area (Å²) in [4.78, 5) is 4.66. The SMILES string of the molecule is CCN1CCN(CC(O)COc2ccc(CNCc3cccc(F)c3F)cc2OC)CC1. The van der Waals surface area contributed by atoms with Crippen molar-refractivity contribution < 1.29 is 23.4 Å². The predicted octanol–water partition coefficient (Wildman–Crippen LogP) is 2.64. The Bertz CT molecular complexity index is 860. The molecule has 0 amide bonds. The fraction of sp³-hybridized carbons (Fsp3) is 0.500. The average molecular weight is 450 g/mol. The molecule has 2 aromatic carbocycles. The molecule has 0 aliphatic carbocycles. The lowest BCUT2D eigenvalue weighted by Crippen LogP contribution is -2.49. The standard InChI is InChI=1S/C24H33F2N3O3/c1-3-28-9-11-29(12-10-28)16-20(30)17-32-22-8-7-18(13-23(22)31-2)14-27-15-19-5-4-6-21(25)24(19)26/h4-8,13,20,27,30H,3,9-12,14-17H2,1-2H3. The monoisotopic (exact) mass is 449 g/mol. The molecule has 6 nitrogen and oxygen atoms in total. The van der Waals surface area contributed by atoms with E-state index in [0.29, 0.717) is 24.6 Å². The molecule has 1 aliphatic rings. The van der Waals surface area contributed by atoms with Crippen LogP contribution in [0, 0.1) is 11.6 Å². The van der Waals surface area contributed by atoms with Crippen molar-refractivity contribution in [3.63, 3.8) is 0 Å². The van der Waals surface area contributed by atoms with Gasteiger partial charge in [-0.15, -0.1) is 0 Å². The molecular weight excluding hydrogens is 416 g/mol. The van der Waals surface area contributed by atoms with E-state index in [1.807, 2.05) is 12.1 Å². The number of rotatable bonds is 11. The summed E-state index contributed by atoms with van der Waals surface area (Å²) in [6.07, 6.45) is -0.588. The molecule has 8 heteroatoms. The third kappa shape index (κ3) is 6.87. The summed E-state index contributed by atoms with van der Waals surface area (Å²) < 4.78 is 38.3. The van der Waals surface area contributed by atoms with E-state index >= 15 is 0 Å². The highest BCUT2D eigenvalue weighted by molar-refractivity contribution is 5.43. The zero-order valence-corrected chi connectivity index (χ0v) is 18.8. The van der Waals surface area contributed by atoms with E-state index in [4.69, 9.17) is 9.47 Å². The molecule has 3 rings (SSSR count). The molecule has 2 N–H and O–H groups in total. The van der Waals surface area contributed by atoms with Gasteiger partial charge in [-0.2, -0.15) is 0 Å². The van der Waals surface area contributed by atoms with Crippen LogP contribution in [0.4, 0.5) is 8.78 Å². The lowest BCUT2D eigenvalue weighted by atomic mass is 10.1. The van der Waals surface area contributed by atoms with Gasteiger partial charge in [0.15, 0.2) is 23.1 Å².